The molecule has 35 heavy (non-hydrogen) atoms. The normalized spacial score (nSPS) is 11.2. The average Bonchev–Trinajstić information content (AvgIpc) is 3.46. The van der Waals surface area contributed by atoms with Crippen LogP contribution in [0.25, 0.3) is 5.82 Å². The van der Waals surface area contributed by atoms with E-state index in [9.17, 15) is 4.79 Å². The Morgan fingerprint density at radius 1 is 1.20 bits per heavy atom. The first-order chi connectivity index (χ1) is 16.9. The molecule has 3 N–H and O–H groups in total. The number of nitrogen functional groups attached to an aromatic ring is 1. The lowest BCUT2D eigenvalue weighted by atomic mass is 10.2. The summed E-state index contributed by atoms with van der Waals surface area (Å²) in [6.07, 6.45) is 1.61. The van der Waals surface area contributed by atoms with Gasteiger partial charge >= 0.3 is 0 Å². The van der Waals surface area contributed by atoms with Crippen LogP contribution in [0.3, 0.4) is 0 Å². The van der Waals surface area contributed by atoms with Crippen molar-refractivity contribution >= 4 is 23.6 Å². The second-order valence-corrected chi connectivity index (χ2v) is 7.90. The molecular formula is C23H25N9O3. The molecule has 2 aromatic heterocycles. The van der Waals surface area contributed by atoms with Gasteiger partial charge < -0.3 is 15.4 Å². The molecule has 180 valence electrons. The fourth-order valence-corrected chi connectivity index (χ4v) is 3.25. The molecule has 0 aliphatic rings. The highest BCUT2D eigenvalue weighted by atomic mass is 16.6. The molecule has 12 nitrogen and oxygen atoms in total. The first kappa shape index (κ1) is 23.4. The van der Waals surface area contributed by atoms with E-state index >= 15 is 0 Å². The number of nitrogens with one attached hydrogen (secondary N) is 1. The average molecular weight is 476 g/mol. The Kier molecular flexibility index (Phi) is 7.00. The van der Waals surface area contributed by atoms with E-state index in [4.69, 9.17) is 15.1 Å². The van der Waals surface area contributed by atoms with Crippen molar-refractivity contribution in [2.24, 2.45) is 5.10 Å². The summed E-state index contributed by atoms with van der Waals surface area (Å²) in [6, 6.07) is 17.0. The quantitative estimate of drug-likeness (QED) is 0.275. The SMILES string of the molecule is CC(C)Oc1ccc(/C=N/NC(=O)c2nnn(-c3nonc3N)c2CN(C)c2ccccc2)cc1. The van der Waals surface area contributed by atoms with Crippen molar-refractivity contribution in [2.75, 3.05) is 17.7 Å². The van der Waals surface area contributed by atoms with Gasteiger partial charge in [0.25, 0.3) is 5.91 Å². The summed E-state index contributed by atoms with van der Waals surface area (Å²) in [5.74, 6) is 0.374. The maximum Gasteiger partial charge on any atom is 0.293 e. The second-order valence-electron chi connectivity index (χ2n) is 7.90. The molecule has 0 aliphatic heterocycles. The third kappa shape index (κ3) is 5.61. The Morgan fingerprint density at radius 3 is 2.60 bits per heavy atom. The van der Waals surface area contributed by atoms with Crippen LogP contribution in [0.2, 0.25) is 0 Å². The minimum atomic E-state index is -0.543. The Morgan fingerprint density at radius 2 is 1.94 bits per heavy atom. The molecule has 4 aromatic rings. The fourth-order valence-electron chi connectivity index (χ4n) is 3.25. The summed E-state index contributed by atoms with van der Waals surface area (Å²) in [6.45, 7) is 4.19. The first-order valence-electron chi connectivity index (χ1n) is 10.8. The van der Waals surface area contributed by atoms with Crippen molar-refractivity contribution in [2.45, 2.75) is 26.5 Å². The third-order valence-corrected chi connectivity index (χ3v) is 4.89. The van der Waals surface area contributed by atoms with E-state index in [-0.39, 0.29) is 30.0 Å². The molecule has 0 atom stereocenters. The summed E-state index contributed by atoms with van der Waals surface area (Å²) in [4.78, 5) is 14.9. The number of ether oxygens (including phenoxy) is 1. The van der Waals surface area contributed by atoms with Crippen LogP contribution < -0.4 is 20.8 Å². The molecule has 0 fully saturated rings. The summed E-state index contributed by atoms with van der Waals surface area (Å²) < 4.78 is 11.7. The van der Waals surface area contributed by atoms with Gasteiger partial charge in [-0.05, 0) is 66.1 Å². The number of hydrogen-bond donors (Lipinski definition) is 2. The lowest BCUT2D eigenvalue weighted by Crippen LogP contribution is -2.24. The van der Waals surface area contributed by atoms with Crippen LogP contribution in [-0.4, -0.2) is 50.6 Å². The maximum atomic E-state index is 12.9. The van der Waals surface area contributed by atoms with Gasteiger partial charge in [0.1, 0.15) is 5.75 Å². The summed E-state index contributed by atoms with van der Waals surface area (Å²) in [7, 11) is 1.88. The summed E-state index contributed by atoms with van der Waals surface area (Å²) in [5, 5.41) is 19.5. The number of amides is 1. The Bertz CT molecular complexity index is 1300. The molecule has 4 rings (SSSR count). The number of anilines is 2. The molecule has 0 saturated heterocycles. The number of rotatable bonds is 9. The highest BCUT2D eigenvalue weighted by Crippen LogP contribution is 2.20. The summed E-state index contributed by atoms with van der Waals surface area (Å²) >= 11 is 0. The van der Waals surface area contributed by atoms with Gasteiger partial charge in [0.15, 0.2) is 5.69 Å². The molecular weight excluding hydrogens is 450 g/mol. The van der Waals surface area contributed by atoms with Gasteiger partial charge in [-0.2, -0.15) is 9.78 Å². The van der Waals surface area contributed by atoms with Crippen molar-refractivity contribution in [1.29, 1.82) is 0 Å². The van der Waals surface area contributed by atoms with Gasteiger partial charge in [-0.15, -0.1) is 5.10 Å². The molecule has 0 bridgehead atoms. The molecule has 0 spiro atoms. The van der Waals surface area contributed by atoms with Crippen LogP contribution >= 0.6 is 0 Å². The number of nitrogens with two attached hydrogens (primary N) is 1. The second kappa shape index (κ2) is 10.5. The van der Waals surface area contributed by atoms with Crippen molar-refractivity contribution in [1.82, 2.24) is 30.7 Å². The maximum absolute atomic E-state index is 12.9. The van der Waals surface area contributed by atoms with E-state index in [1.165, 1.54) is 10.9 Å². The van der Waals surface area contributed by atoms with Crippen LogP contribution in [-0.2, 0) is 6.54 Å². The third-order valence-electron chi connectivity index (χ3n) is 4.89. The number of para-hydroxylation sites is 1. The predicted molar refractivity (Wildman–Crippen MR) is 129 cm³/mol. The standard InChI is InChI=1S/C23H25N9O3/c1-15(2)34-18-11-9-16(10-12-18)13-25-27-23(33)20-19(14-31(3)17-7-5-4-6-8-17)32(30-26-20)22-21(24)28-35-29-22/h4-13,15H,14H2,1-3H3,(H2,24,28)(H,27,33)/b25-13+. The lowest BCUT2D eigenvalue weighted by Gasteiger charge is -2.19. The van der Waals surface area contributed by atoms with Crippen LogP contribution in [0.5, 0.6) is 5.75 Å². The molecule has 0 radical (unpaired) electrons. The van der Waals surface area contributed by atoms with Gasteiger partial charge in [-0.25, -0.2) is 10.1 Å². The van der Waals surface area contributed by atoms with Crippen molar-refractivity contribution < 1.29 is 14.2 Å². The minimum Gasteiger partial charge on any atom is -0.491 e. The Labute approximate surface area is 201 Å². The first-order valence-corrected chi connectivity index (χ1v) is 10.8. The topological polar surface area (TPSA) is 150 Å². The van der Waals surface area contributed by atoms with E-state index in [0.717, 1.165) is 17.0 Å². The Balaban J connectivity index is 1.54. The number of carbonyl (C=O) groups excluding carboxylic acids is 1. The van der Waals surface area contributed by atoms with Gasteiger partial charge in [0.05, 0.1) is 24.6 Å². The number of benzene rings is 2. The van der Waals surface area contributed by atoms with E-state index in [1.807, 2.05) is 80.4 Å². The van der Waals surface area contributed by atoms with Gasteiger partial charge in [0, 0.05) is 12.7 Å². The monoisotopic (exact) mass is 475 g/mol. The molecule has 2 aromatic carbocycles. The zero-order chi connectivity index (χ0) is 24.8. The zero-order valence-electron chi connectivity index (χ0n) is 19.5. The van der Waals surface area contributed by atoms with E-state index in [1.54, 1.807) is 0 Å². The molecule has 0 unspecified atom stereocenters. The number of hydrogen-bond acceptors (Lipinski definition) is 10. The lowest BCUT2D eigenvalue weighted by molar-refractivity contribution is 0.0949. The van der Waals surface area contributed by atoms with E-state index in [2.05, 4.69) is 31.2 Å². The van der Waals surface area contributed by atoms with Crippen LogP contribution in [0, 0.1) is 0 Å². The minimum absolute atomic E-state index is 0.0217. The van der Waals surface area contributed by atoms with Crippen molar-refractivity contribution in [3.63, 3.8) is 0 Å². The molecule has 2 heterocycles. The summed E-state index contributed by atoms with van der Waals surface area (Å²) in [5.41, 5.74) is 10.6. The smallest absolute Gasteiger partial charge is 0.293 e. The highest BCUT2D eigenvalue weighted by molar-refractivity contribution is 5.94. The van der Waals surface area contributed by atoms with Crippen LogP contribution in [0.15, 0.2) is 64.3 Å². The van der Waals surface area contributed by atoms with E-state index in [0.29, 0.717) is 5.69 Å². The number of hydrazone groups is 1. The Hall–Kier alpha value is -4.74. The highest BCUT2D eigenvalue weighted by Gasteiger charge is 2.25. The number of nitrogens with zero attached hydrogens (tertiary/aromatic N) is 7. The van der Waals surface area contributed by atoms with Gasteiger partial charge in [-0.1, -0.05) is 23.4 Å². The predicted octanol–water partition coefficient (Wildman–Crippen LogP) is 2.42. The zero-order valence-corrected chi connectivity index (χ0v) is 19.5. The molecule has 0 aliphatic carbocycles. The number of carbonyl (C=O) groups is 1. The largest absolute Gasteiger partial charge is 0.491 e. The van der Waals surface area contributed by atoms with Crippen molar-refractivity contribution in [3.8, 4) is 11.6 Å². The molecule has 1 amide bonds. The van der Waals surface area contributed by atoms with Gasteiger partial charge in [-0.3, -0.25) is 4.79 Å². The van der Waals surface area contributed by atoms with E-state index < -0.39 is 5.91 Å². The van der Waals surface area contributed by atoms with Crippen molar-refractivity contribution in [3.05, 3.63) is 71.5 Å². The van der Waals surface area contributed by atoms with Crippen LogP contribution in [0.4, 0.5) is 11.5 Å². The number of aromatic nitrogens is 5. The van der Waals surface area contributed by atoms with Gasteiger partial charge in [0.2, 0.25) is 11.6 Å². The van der Waals surface area contributed by atoms with Crippen LogP contribution in [0.1, 0.15) is 35.6 Å². The molecule has 0 saturated carbocycles. The molecule has 12 heteroatoms. The fraction of sp³-hybridized carbons (Fsp3) is 0.217.